The summed E-state index contributed by atoms with van der Waals surface area (Å²) in [5.74, 6) is -0.163. The highest BCUT2D eigenvalue weighted by Crippen LogP contribution is 2.24. The van der Waals surface area contributed by atoms with Crippen molar-refractivity contribution in [3.05, 3.63) is 72.7 Å². The number of ether oxygens (including phenoxy) is 1. The summed E-state index contributed by atoms with van der Waals surface area (Å²) in [6, 6.07) is 9.01. The molecular weight excluding hydrogens is 411 g/mol. The molecule has 9 nitrogen and oxygen atoms in total. The van der Waals surface area contributed by atoms with Gasteiger partial charge < -0.3 is 4.74 Å². The van der Waals surface area contributed by atoms with Gasteiger partial charge >= 0.3 is 0 Å². The van der Waals surface area contributed by atoms with Gasteiger partial charge in [-0.2, -0.15) is 10.2 Å². The molecule has 0 amide bonds. The summed E-state index contributed by atoms with van der Waals surface area (Å²) >= 11 is 0. The number of hydrogen-bond donors (Lipinski definition) is 1. The number of aromatic nitrogens is 5. The number of hydrogen-bond acceptors (Lipinski definition) is 6. The molecule has 0 radical (unpaired) electrons. The SMILES string of the molecule is Cn1ncc(-n2cc(-c3cccc(S(N)(=O)=O)c3)cn2)c1COc1ccc(F)cn1. The Labute approximate surface area is 171 Å². The van der Waals surface area contributed by atoms with Crippen molar-refractivity contribution in [1.29, 1.82) is 0 Å². The summed E-state index contributed by atoms with van der Waals surface area (Å²) in [7, 11) is -2.04. The average molecular weight is 428 g/mol. The number of halogens is 1. The highest BCUT2D eigenvalue weighted by atomic mass is 32.2. The zero-order chi connectivity index (χ0) is 21.3. The Morgan fingerprint density at radius 2 is 1.93 bits per heavy atom. The van der Waals surface area contributed by atoms with Crippen molar-refractivity contribution in [3.8, 4) is 22.7 Å². The number of primary sulfonamides is 1. The molecule has 0 unspecified atom stereocenters. The normalized spacial score (nSPS) is 11.6. The molecule has 0 aliphatic carbocycles. The van der Waals surface area contributed by atoms with Gasteiger partial charge in [0.1, 0.15) is 23.8 Å². The molecule has 1 aromatic carbocycles. The maximum Gasteiger partial charge on any atom is 0.238 e. The molecule has 4 aromatic rings. The number of benzene rings is 1. The van der Waals surface area contributed by atoms with Crippen LogP contribution in [-0.4, -0.2) is 33.0 Å². The van der Waals surface area contributed by atoms with Crippen LogP contribution in [0.15, 0.2) is 66.1 Å². The lowest BCUT2D eigenvalue weighted by Gasteiger charge is -2.08. The molecule has 11 heteroatoms. The molecule has 30 heavy (non-hydrogen) atoms. The lowest BCUT2D eigenvalue weighted by molar-refractivity contribution is 0.282. The van der Waals surface area contributed by atoms with E-state index in [2.05, 4.69) is 15.2 Å². The monoisotopic (exact) mass is 428 g/mol. The second-order valence-electron chi connectivity index (χ2n) is 6.45. The van der Waals surface area contributed by atoms with E-state index in [1.54, 1.807) is 47.1 Å². The second kappa shape index (κ2) is 7.69. The Balaban J connectivity index is 1.61. The number of nitrogens with zero attached hydrogens (tertiary/aromatic N) is 5. The number of pyridine rings is 1. The van der Waals surface area contributed by atoms with Crippen LogP contribution in [0.1, 0.15) is 5.69 Å². The Morgan fingerprint density at radius 1 is 1.10 bits per heavy atom. The summed E-state index contributed by atoms with van der Waals surface area (Å²) in [6.07, 6.45) is 6.07. The van der Waals surface area contributed by atoms with E-state index in [9.17, 15) is 12.8 Å². The molecule has 0 aliphatic rings. The van der Waals surface area contributed by atoms with Crippen LogP contribution in [0, 0.1) is 5.82 Å². The summed E-state index contributed by atoms with van der Waals surface area (Å²) in [5.41, 5.74) is 2.75. The van der Waals surface area contributed by atoms with Crippen molar-refractivity contribution in [2.45, 2.75) is 11.5 Å². The van der Waals surface area contributed by atoms with Crippen LogP contribution in [0.4, 0.5) is 4.39 Å². The van der Waals surface area contributed by atoms with Crippen LogP contribution in [0.2, 0.25) is 0 Å². The smallest absolute Gasteiger partial charge is 0.238 e. The summed E-state index contributed by atoms with van der Waals surface area (Å²) in [4.78, 5) is 3.90. The first-order valence-electron chi connectivity index (χ1n) is 8.75. The van der Waals surface area contributed by atoms with Crippen LogP contribution >= 0.6 is 0 Å². The van der Waals surface area contributed by atoms with Crippen molar-refractivity contribution in [1.82, 2.24) is 24.5 Å². The van der Waals surface area contributed by atoms with E-state index >= 15 is 0 Å². The quantitative estimate of drug-likeness (QED) is 0.502. The van der Waals surface area contributed by atoms with Gasteiger partial charge in [0.15, 0.2) is 0 Å². The van der Waals surface area contributed by atoms with E-state index in [0.29, 0.717) is 22.5 Å². The molecule has 3 heterocycles. The summed E-state index contributed by atoms with van der Waals surface area (Å²) in [5, 5.41) is 13.8. The van der Waals surface area contributed by atoms with Gasteiger partial charge in [0, 0.05) is 24.9 Å². The van der Waals surface area contributed by atoms with Gasteiger partial charge in [-0.15, -0.1) is 0 Å². The van der Waals surface area contributed by atoms with E-state index in [1.807, 2.05) is 0 Å². The first-order valence-corrected chi connectivity index (χ1v) is 10.3. The molecule has 0 bridgehead atoms. The molecule has 0 aliphatic heterocycles. The lowest BCUT2D eigenvalue weighted by atomic mass is 10.1. The molecule has 2 N–H and O–H groups in total. The third-order valence-corrected chi connectivity index (χ3v) is 5.33. The molecule has 0 fully saturated rings. The van der Waals surface area contributed by atoms with Crippen LogP contribution in [0.25, 0.3) is 16.8 Å². The molecule has 3 aromatic heterocycles. The number of rotatable bonds is 6. The fourth-order valence-electron chi connectivity index (χ4n) is 2.86. The molecule has 0 spiro atoms. The Kier molecular flexibility index (Phi) is 5.06. The van der Waals surface area contributed by atoms with Crippen LogP contribution in [0.5, 0.6) is 5.88 Å². The van der Waals surface area contributed by atoms with Crippen LogP contribution in [-0.2, 0) is 23.7 Å². The fourth-order valence-corrected chi connectivity index (χ4v) is 3.42. The first kappa shape index (κ1) is 19.7. The van der Waals surface area contributed by atoms with Gasteiger partial charge in [0.05, 0.1) is 23.5 Å². The molecule has 0 saturated heterocycles. The maximum atomic E-state index is 13.0. The lowest BCUT2D eigenvalue weighted by Crippen LogP contribution is -2.11. The number of nitrogens with two attached hydrogens (primary N) is 1. The van der Waals surface area contributed by atoms with Crippen molar-refractivity contribution in [3.63, 3.8) is 0 Å². The zero-order valence-corrected chi connectivity index (χ0v) is 16.6. The van der Waals surface area contributed by atoms with E-state index in [-0.39, 0.29) is 17.4 Å². The Morgan fingerprint density at radius 3 is 2.67 bits per heavy atom. The molecule has 154 valence electrons. The second-order valence-corrected chi connectivity index (χ2v) is 8.01. The van der Waals surface area contributed by atoms with Gasteiger partial charge in [-0.1, -0.05) is 12.1 Å². The number of aryl methyl sites for hydroxylation is 1. The highest BCUT2D eigenvalue weighted by Gasteiger charge is 2.15. The van der Waals surface area contributed by atoms with Crippen molar-refractivity contribution in [2.75, 3.05) is 0 Å². The van der Waals surface area contributed by atoms with Gasteiger partial charge in [0.2, 0.25) is 15.9 Å². The minimum absolute atomic E-state index is 0.0232. The van der Waals surface area contributed by atoms with Crippen molar-refractivity contribution >= 4 is 10.0 Å². The third-order valence-electron chi connectivity index (χ3n) is 4.42. The van der Waals surface area contributed by atoms with Crippen LogP contribution in [0.3, 0.4) is 0 Å². The van der Waals surface area contributed by atoms with Gasteiger partial charge in [-0.25, -0.2) is 27.6 Å². The Hall–Kier alpha value is -3.57. The predicted molar refractivity (Wildman–Crippen MR) is 106 cm³/mol. The standard InChI is InChI=1S/C19H17FN6O3S/c1-25-18(12-29-19-6-5-15(20)9-22-19)17(10-23-25)26-11-14(8-24-26)13-3-2-4-16(7-13)30(21,27)28/h2-11H,12H2,1H3,(H2,21,27,28). The number of sulfonamides is 1. The largest absolute Gasteiger partial charge is 0.471 e. The first-order chi connectivity index (χ1) is 14.3. The minimum atomic E-state index is -3.80. The average Bonchev–Trinajstić information content (AvgIpc) is 3.34. The van der Waals surface area contributed by atoms with Crippen molar-refractivity contribution < 1.29 is 17.5 Å². The summed E-state index contributed by atoms with van der Waals surface area (Å²) in [6.45, 7) is 0.139. The molecular formula is C19H17FN6O3S. The van der Waals surface area contributed by atoms with Gasteiger partial charge in [0.25, 0.3) is 0 Å². The minimum Gasteiger partial charge on any atom is -0.471 e. The van der Waals surface area contributed by atoms with Crippen molar-refractivity contribution in [2.24, 2.45) is 12.2 Å². The predicted octanol–water partition coefficient (Wildman–Crippen LogP) is 2.03. The van der Waals surface area contributed by atoms with Crippen LogP contribution < -0.4 is 9.88 Å². The Bertz CT molecular complexity index is 1300. The van der Waals surface area contributed by atoms with E-state index in [1.165, 1.54) is 24.3 Å². The topological polar surface area (TPSA) is 118 Å². The molecule has 0 saturated carbocycles. The van der Waals surface area contributed by atoms with Gasteiger partial charge in [-0.3, -0.25) is 4.68 Å². The van der Waals surface area contributed by atoms with E-state index in [0.717, 1.165) is 6.20 Å². The third kappa shape index (κ3) is 4.07. The zero-order valence-electron chi connectivity index (χ0n) is 15.8. The highest BCUT2D eigenvalue weighted by molar-refractivity contribution is 7.89. The fraction of sp³-hybridized carbons (Fsp3) is 0.105. The molecule has 4 rings (SSSR count). The molecule has 0 atom stereocenters. The van der Waals surface area contributed by atoms with Gasteiger partial charge in [-0.05, 0) is 23.8 Å². The maximum absolute atomic E-state index is 13.0. The van der Waals surface area contributed by atoms with E-state index in [4.69, 9.17) is 9.88 Å². The summed E-state index contributed by atoms with van der Waals surface area (Å²) < 4.78 is 45.1. The van der Waals surface area contributed by atoms with E-state index < -0.39 is 15.8 Å².